The van der Waals surface area contributed by atoms with Crippen molar-refractivity contribution in [2.45, 2.75) is 31.0 Å². The lowest BCUT2D eigenvalue weighted by Crippen LogP contribution is -2.07. The van der Waals surface area contributed by atoms with Crippen LogP contribution >= 0.6 is 27.7 Å². The largest absolute Gasteiger partial charge is 0.486 e. The summed E-state index contributed by atoms with van der Waals surface area (Å²) >= 11 is 5.19. The monoisotopic (exact) mass is 403 g/mol. The second-order valence-corrected chi connectivity index (χ2v) is 7.02. The first-order chi connectivity index (χ1) is 11.8. The van der Waals surface area contributed by atoms with Gasteiger partial charge in [0.1, 0.15) is 12.4 Å². The van der Waals surface area contributed by atoms with Crippen molar-refractivity contribution in [2.24, 2.45) is 0 Å². The molecular formula is C18H18BrN3OS. The van der Waals surface area contributed by atoms with E-state index < -0.39 is 0 Å². The smallest absolute Gasteiger partial charge is 0.191 e. The van der Waals surface area contributed by atoms with Crippen molar-refractivity contribution in [1.29, 1.82) is 0 Å². The highest BCUT2D eigenvalue weighted by Gasteiger charge is 2.12. The minimum atomic E-state index is 0.419. The maximum absolute atomic E-state index is 5.79. The van der Waals surface area contributed by atoms with Crippen LogP contribution in [0.15, 0.2) is 64.2 Å². The molecule has 6 heteroatoms. The predicted molar refractivity (Wildman–Crippen MR) is 100 cm³/mol. The number of nitrogens with zero attached hydrogens (tertiary/aromatic N) is 3. The number of benzene rings is 2. The molecule has 0 spiro atoms. The van der Waals surface area contributed by atoms with E-state index in [9.17, 15) is 0 Å². The van der Waals surface area contributed by atoms with Crippen LogP contribution in [0.25, 0.3) is 0 Å². The van der Waals surface area contributed by atoms with E-state index >= 15 is 0 Å². The van der Waals surface area contributed by atoms with Crippen LogP contribution in [0.1, 0.15) is 18.3 Å². The van der Waals surface area contributed by atoms with Gasteiger partial charge in [-0.1, -0.05) is 58.0 Å². The van der Waals surface area contributed by atoms with Gasteiger partial charge in [0.05, 0.1) is 0 Å². The first-order valence-electron chi connectivity index (χ1n) is 7.73. The van der Waals surface area contributed by atoms with E-state index in [0.717, 1.165) is 33.5 Å². The highest BCUT2D eigenvalue weighted by Crippen LogP contribution is 2.24. The number of aromatic nitrogens is 3. The highest BCUT2D eigenvalue weighted by molar-refractivity contribution is 9.10. The predicted octanol–water partition coefficient (Wildman–Crippen LogP) is 4.93. The highest BCUT2D eigenvalue weighted by atomic mass is 79.9. The van der Waals surface area contributed by atoms with Gasteiger partial charge in [0.25, 0.3) is 0 Å². The van der Waals surface area contributed by atoms with Crippen LogP contribution in [-0.4, -0.2) is 14.8 Å². The Balaban J connectivity index is 1.65. The molecule has 0 fully saturated rings. The fraction of sp³-hybridized carbons (Fsp3) is 0.222. The summed E-state index contributed by atoms with van der Waals surface area (Å²) in [5.41, 5.74) is 1.25. The van der Waals surface area contributed by atoms with Gasteiger partial charge < -0.3 is 9.30 Å². The summed E-state index contributed by atoms with van der Waals surface area (Å²) in [6.07, 6.45) is 0. The number of thioether (sulfide) groups is 1. The minimum Gasteiger partial charge on any atom is -0.486 e. The van der Waals surface area contributed by atoms with Gasteiger partial charge in [-0.15, -0.1) is 10.2 Å². The van der Waals surface area contributed by atoms with E-state index in [1.807, 2.05) is 42.5 Å². The minimum absolute atomic E-state index is 0.419. The van der Waals surface area contributed by atoms with Gasteiger partial charge >= 0.3 is 0 Å². The molecule has 0 aliphatic heterocycles. The molecule has 0 aliphatic carbocycles. The summed E-state index contributed by atoms with van der Waals surface area (Å²) in [6.45, 7) is 3.34. The molecule has 0 aliphatic rings. The molecule has 0 bridgehead atoms. The van der Waals surface area contributed by atoms with Crippen LogP contribution in [0.3, 0.4) is 0 Å². The van der Waals surface area contributed by atoms with Gasteiger partial charge in [-0.2, -0.15) is 0 Å². The molecule has 0 amide bonds. The summed E-state index contributed by atoms with van der Waals surface area (Å²) in [7, 11) is 0. The molecule has 3 rings (SSSR count). The third kappa shape index (κ3) is 4.39. The number of hydrogen-bond acceptors (Lipinski definition) is 4. The average molecular weight is 404 g/mol. The summed E-state index contributed by atoms with van der Waals surface area (Å²) in [5.74, 6) is 2.54. The molecule has 0 N–H and O–H groups in total. The Kier molecular flexibility index (Phi) is 5.93. The summed E-state index contributed by atoms with van der Waals surface area (Å²) < 4.78 is 8.98. The summed E-state index contributed by atoms with van der Waals surface area (Å²) in [6, 6.07) is 18.1. The first kappa shape index (κ1) is 17.0. The molecule has 2 aromatic carbocycles. The lowest BCUT2D eigenvalue weighted by atomic mass is 10.2. The Hall–Kier alpha value is -1.79. The molecular weight excluding hydrogens is 386 g/mol. The van der Waals surface area contributed by atoms with Crippen LogP contribution < -0.4 is 4.74 Å². The van der Waals surface area contributed by atoms with E-state index in [4.69, 9.17) is 4.74 Å². The molecule has 0 saturated carbocycles. The number of hydrogen-bond donors (Lipinski definition) is 0. The quantitative estimate of drug-likeness (QED) is 0.524. The van der Waals surface area contributed by atoms with E-state index in [-0.39, 0.29) is 0 Å². The molecule has 24 heavy (non-hydrogen) atoms. The topological polar surface area (TPSA) is 39.9 Å². The van der Waals surface area contributed by atoms with Crippen molar-refractivity contribution in [1.82, 2.24) is 14.8 Å². The Morgan fingerprint density at radius 3 is 2.67 bits per heavy atom. The normalized spacial score (nSPS) is 10.8. The molecule has 0 radical (unpaired) electrons. The standard InChI is InChI=1S/C18H18BrN3OS/c1-2-22-17(12-23-16-9-4-3-5-10-16)20-21-18(22)24-13-14-7-6-8-15(19)11-14/h3-11H,2,12-13H2,1H3. The first-order valence-corrected chi connectivity index (χ1v) is 9.51. The number of rotatable bonds is 7. The van der Waals surface area contributed by atoms with E-state index in [2.05, 4.69) is 49.8 Å². The van der Waals surface area contributed by atoms with Crippen LogP contribution in [0.4, 0.5) is 0 Å². The molecule has 124 valence electrons. The van der Waals surface area contributed by atoms with Crippen molar-refractivity contribution in [3.8, 4) is 5.75 Å². The van der Waals surface area contributed by atoms with Gasteiger partial charge in [-0.05, 0) is 36.8 Å². The maximum Gasteiger partial charge on any atom is 0.191 e. The number of ether oxygens (including phenoxy) is 1. The molecule has 0 saturated heterocycles. The third-order valence-electron chi connectivity index (χ3n) is 3.48. The second kappa shape index (κ2) is 8.35. The fourth-order valence-electron chi connectivity index (χ4n) is 2.29. The van der Waals surface area contributed by atoms with Crippen molar-refractivity contribution >= 4 is 27.7 Å². The SMILES string of the molecule is CCn1c(COc2ccccc2)nnc1SCc1cccc(Br)c1. The third-order valence-corrected chi connectivity index (χ3v) is 5.01. The van der Waals surface area contributed by atoms with Crippen LogP contribution in [0, 0.1) is 0 Å². The van der Waals surface area contributed by atoms with Crippen molar-refractivity contribution < 1.29 is 4.74 Å². The Labute approximate surface area is 154 Å². The van der Waals surface area contributed by atoms with E-state index in [1.54, 1.807) is 11.8 Å². The zero-order valence-electron chi connectivity index (χ0n) is 13.4. The van der Waals surface area contributed by atoms with Crippen LogP contribution in [-0.2, 0) is 18.9 Å². The Bertz CT molecular complexity index is 792. The van der Waals surface area contributed by atoms with Gasteiger partial charge in [0, 0.05) is 16.8 Å². The average Bonchev–Trinajstić information content (AvgIpc) is 3.01. The van der Waals surface area contributed by atoms with Gasteiger partial charge in [-0.3, -0.25) is 0 Å². The molecule has 1 aromatic heterocycles. The molecule has 4 nitrogen and oxygen atoms in total. The van der Waals surface area contributed by atoms with E-state index in [0.29, 0.717) is 6.61 Å². The number of para-hydroxylation sites is 1. The van der Waals surface area contributed by atoms with Crippen LogP contribution in [0.5, 0.6) is 5.75 Å². The van der Waals surface area contributed by atoms with Crippen molar-refractivity contribution in [3.63, 3.8) is 0 Å². The summed E-state index contributed by atoms with van der Waals surface area (Å²) in [5, 5.41) is 9.53. The molecule has 3 aromatic rings. The maximum atomic E-state index is 5.79. The zero-order chi connectivity index (χ0) is 16.8. The van der Waals surface area contributed by atoms with Gasteiger partial charge in [-0.25, -0.2) is 0 Å². The molecule has 0 unspecified atom stereocenters. The van der Waals surface area contributed by atoms with Crippen LogP contribution in [0.2, 0.25) is 0 Å². The van der Waals surface area contributed by atoms with Crippen molar-refractivity contribution in [3.05, 3.63) is 70.5 Å². The van der Waals surface area contributed by atoms with E-state index in [1.165, 1.54) is 5.56 Å². The summed E-state index contributed by atoms with van der Waals surface area (Å²) in [4.78, 5) is 0. The Morgan fingerprint density at radius 1 is 1.08 bits per heavy atom. The van der Waals surface area contributed by atoms with Gasteiger partial charge in [0.15, 0.2) is 11.0 Å². The lowest BCUT2D eigenvalue weighted by Gasteiger charge is -2.09. The fourth-order valence-corrected chi connectivity index (χ4v) is 3.70. The van der Waals surface area contributed by atoms with Gasteiger partial charge in [0.2, 0.25) is 0 Å². The lowest BCUT2D eigenvalue weighted by molar-refractivity contribution is 0.288. The second-order valence-electron chi connectivity index (χ2n) is 5.16. The molecule has 0 atom stereocenters. The number of halogens is 1. The van der Waals surface area contributed by atoms with Crippen molar-refractivity contribution in [2.75, 3.05) is 0 Å². The zero-order valence-corrected chi connectivity index (χ0v) is 15.8. The molecule has 1 heterocycles. The Morgan fingerprint density at radius 2 is 1.92 bits per heavy atom.